The van der Waals surface area contributed by atoms with Gasteiger partial charge in [-0.05, 0) is 18.2 Å². The van der Waals surface area contributed by atoms with E-state index in [4.69, 9.17) is 0 Å². The Morgan fingerprint density at radius 3 is 2.50 bits per heavy atom. The Bertz CT molecular complexity index is 617. The highest BCUT2D eigenvalue weighted by Gasteiger charge is 2.14. The van der Waals surface area contributed by atoms with Gasteiger partial charge in [0.15, 0.2) is 17.5 Å². The number of aromatic nitrogens is 2. The highest BCUT2D eigenvalue weighted by atomic mass is 19.2. The number of aryl methyl sites for hydroxylation is 1. The molecule has 20 heavy (non-hydrogen) atoms. The van der Waals surface area contributed by atoms with Gasteiger partial charge in [-0.1, -0.05) is 0 Å². The van der Waals surface area contributed by atoms with Gasteiger partial charge >= 0.3 is 0 Å². The maximum atomic E-state index is 13.0. The van der Waals surface area contributed by atoms with E-state index in [1.54, 1.807) is 24.0 Å². The summed E-state index contributed by atoms with van der Waals surface area (Å²) >= 11 is 0. The number of rotatable bonds is 4. The van der Waals surface area contributed by atoms with Gasteiger partial charge in [-0.25, -0.2) is 13.2 Å². The average molecular weight is 283 g/mol. The first-order chi connectivity index (χ1) is 9.49. The Morgan fingerprint density at radius 2 is 1.95 bits per heavy atom. The summed E-state index contributed by atoms with van der Waals surface area (Å²) in [6, 6.07) is 3.12. The SMILES string of the molecule is Cn1nccc1CCNC(=O)c1cc(F)c(F)c(F)c1. The first-order valence-corrected chi connectivity index (χ1v) is 5.88. The largest absolute Gasteiger partial charge is 0.352 e. The van der Waals surface area contributed by atoms with Crippen LogP contribution in [0, 0.1) is 17.5 Å². The fraction of sp³-hybridized carbons (Fsp3) is 0.231. The molecule has 0 atom stereocenters. The maximum Gasteiger partial charge on any atom is 0.251 e. The molecular weight excluding hydrogens is 271 g/mol. The van der Waals surface area contributed by atoms with Crippen molar-refractivity contribution in [1.82, 2.24) is 15.1 Å². The average Bonchev–Trinajstić information content (AvgIpc) is 2.81. The lowest BCUT2D eigenvalue weighted by Crippen LogP contribution is -2.26. The van der Waals surface area contributed by atoms with Crippen molar-refractivity contribution in [1.29, 1.82) is 0 Å². The minimum Gasteiger partial charge on any atom is -0.352 e. The summed E-state index contributed by atoms with van der Waals surface area (Å²) in [5.74, 6) is -5.02. The predicted molar refractivity (Wildman–Crippen MR) is 65.6 cm³/mol. The van der Waals surface area contributed by atoms with Gasteiger partial charge in [0, 0.05) is 37.5 Å². The number of hydrogen-bond acceptors (Lipinski definition) is 2. The molecule has 0 saturated carbocycles. The van der Waals surface area contributed by atoms with Gasteiger partial charge in [-0.15, -0.1) is 0 Å². The lowest BCUT2D eigenvalue weighted by molar-refractivity contribution is 0.0952. The Morgan fingerprint density at radius 1 is 1.30 bits per heavy atom. The number of nitrogens with zero attached hydrogens (tertiary/aromatic N) is 2. The minimum atomic E-state index is -1.59. The van der Waals surface area contributed by atoms with E-state index in [1.165, 1.54) is 0 Å². The summed E-state index contributed by atoms with van der Waals surface area (Å²) in [5, 5.41) is 6.47. The number of hydrogen-bond donors (Lipinski definition) is 1. The van der Waals surface area contributed by atoms with Crippen molar-refractivity contribution in [2.45, 2.75) is 6.42 Å². The molecule has 1 amide bonds. The molecule has 1 heterocycles. The molecule has 0 unspecified atom stereocenters. The molecule has 0 fully saturated rings. The van der Waals surface area contributed by atoms with Gasteiger partial charge in [0.1, 0.15) is 0 Å². The standard InChI is InChI=1S/C13H12F3N3O/c1-19-9(3-5-18-19)2-4-17-13(20)8-6-10(14)12(16)11(15)7-8/h3,5-7H,2,4H2,1H3,(H,17,20). The summed E-state index contributed by atoms with van der Waals surface area (Å²) < 4.78 is 40.4. The highest BCUT2D eigenvalue weighted by molar-refractivity contribution is 5.94. The molecule has 1 aromatic carbocycles. The molecule has 0 aliphatic heterocycles. The molecule has 2 aromatic rings. The minimum absolute atomic E-state index is 0.258. The second kappa shape index (κ2) is 5.77. The van der Waals surface area contributed by atoms with Crippen molar-refractivity contribution in [2.24, 2.45) is 7.05 Å². The van der Waals surface area contributed by atoms with Gasteiger partial charge < -0.3 is 5.32 Å². The van der Waals surface area contributed by atoms with Crippen LogP contribution in [0.5, 0.6) is 0 Å². The van der Waals surface area contributed by atoms with Crippen molar-refractivity contribution in [3.05, 3.63) is 53.1 Å². The summed E-state index contributed by atoms with van der Waals surface area (Å²) in [7, 11) is 1.77. The Balaban J connectivity index is 1.97. The molecule has 0 aliphatic rings. The molecule has 0 spiro atoms. The van der Waals surface area contributed by atoms with Crippen LogP contribution in [0.1, 0.15) is 16.1 Å². The Labute approximate surface area is 113 Å². The molecule has 1 aromatic heterocycles. The summed E-state index contributed by atoms with van der Waals surface area (Å²) in [4.78, 5) is 11.7. The van der Waals surface area contributed by atoms with Crippen molar-refractivity contribution in [2.75, 3.05) is 6.54 Å². The number of carbonyl (C=O) groups excluding carboxylic acids is 1. The number of carbonyl (C=O) groups is 1. The maximum absolute atomic E-state index is 13.0. The second-order valence-corrected chi connectivity index (χ2v) is 4.21. The predicted octanol–water partition coefficient (Wildman–Crippen LogP) is 1.81. The van der Waals surface area contributed by atoms with Crippen LogP contribution in [0.15, 0.2) is 24.4 Å². The van der Waals surface area contributed by atoms with Gasteiger partial charge in [0.05, 0.1) is 0 Å². The van der Waals surface area contributed by atoms with E-state index < -0.39 is 23.4 Å². The lowest BCUT2D eigenvalue weighted by atomic mass is 10.2. The van der Waals surface area contributed by atoms with Crippen LogP contribution in [0.3, 0.4) is 0 Å². The van der Waals surface area contributed by atoms with E-state index in [2.05, 4.69) is 10.4 Å². The van der Waals surface area contributed by atoms with Crippen molar-refractivity contribution < 1.29 is 18.0 Å². The van der Waals surface area contributed by atoms with E-state index >= 15 is 0 Å². The summed E-state index contributed by atoms with van der Waals surface area (Å²) in [5.41, 5.74) is 0.646. The first-order valence-electron chi connectivity index (χ1n) is 5.88. The quantitative estimate of drug-likeness (QED) is 0.870. The molecule has 7 heteroatoms. The third-order valence-corrected chi connectivity index (χ3v) is 2.84. The first kappa shape index (κ1) is 14.1. The normalized spacial score (nSPS) is 10.6. The zero-order valence-corrected chi connectivity index (χ0v) is 10.7. The Kier molecular flexibility index (Phi) is 4.07. The summed E-state index contributed by atoms with van der Waals surface area (Å²) in [6.45, 7) is 0.277. The van der Waals surface area contributed by atoms with Gasteiger partial charge in [-0.3, -0.25) is 9.48 Å². The van der Waals surface area contributed by atoms with E-state index in [0.717, 1.165) is 5.69 Å². The third kappa shape index (κ3) is 2.98. The van der Waals surface area contributed by atoms with E-state index in [-0.39, 0.29) is 12.1 Å². The van der Waals surface area contributed by atoms with E-state index in [0.29, 0.717) is 18.6 Å². The van der Waals surface area contributed by atoms with Gasteiger partial charge in [0.25, 0.3) is 5.91 Å². The van der Waals surface area contributed by atoms with E-state index in [9.17, 15) is 18.0 Å². The fourth-order valence-corrected chi connectivity index (χ4v) is 1.74. The van der Waals surface area contributed by atoms with Crippen molar-refractivity contribution >= 4 is 5.91 Å². The lowest BCUT2D eigenvalue weighted by Gasteiger charge is -2.06. The number of benzene rings is 1. The molecule has 0 saturated heterocycles. The Hall–Kier alpha value is -2.31. The van der Waals surface area contributed by atoms with Crippen LogP contribution in [0.4, 0.5) is 13.2 Å². The van der Waals surface area contributed by atoms with Crippen LogP contribution in [0.2, 0.25) is 0 Å². The van der Waals surface area contributed by atoms with E-state index in [1.807, 2.05) is 0 Å². The van der Waals surface area contributed by atoms with Crippen LogP contribution in [-0.2, 0) is 13.5 Å². The molecular formula is C13H12F3N3O. The molecule has 1 N–H and O–H groups in total. The molecule has 0 aliphatic carbocycles. The number of halogens is 3. The van der Waals surface area contributed by atoms with Crippen LogP contribution >= 0.6 is 0 Å². The number of amides is 1. The third-order valence-electron chi connectivity index (χ3n) is 2.84. The van der Waals surface area contributed by atoms with Crippen LogP contribution in [0.25, 0.3) is 0 Å². The van der Waals surface area contributed by atoms with Crippen molar-refractivity contribution in [3.63, 3.8) is 0 Å². The second-order valence-electron chi connectivity index (χ2n) is 4.21. The monoisotopic (exact) mass is 283 g/mol. The fourth-order valence-electron chi connectivity index (χ4n) is 1.74. The smallest absolute Gasteiger partial charge is 0.251 e. The summed E-state index contributed by atoms with van der Waals surface area (Å²) in [6.07, 6.45) is 2.15. The van der Waals surface area contributed by atoms with Crippen LogP contribution < -0.4 is 5.32 Å². The van der Waals surface area contributed by atoms with Crippen molar-refractivity contribution in [3.8, 4) is 0 Å². The molecule has 106 valence electrons. The topological polar surface area (TPSA) is 46.9 Å². The van der Waals surface area contributed by atoms with Gasteiger partial charge in [0.2, 0.25) is 0 Å². The zero-order chi connectivity index (χ0) is 14.7. The van der Waals surface area contributed by atoms with Crippen LogP contribution in [-0.4, -0.2) is 22.2 Å². The number of nitrogens with one attached hydrogen (secondary N) is 1. The highest BCUT2D eigenvalue weighted by Crippen LogP contribution is 2.13. The molecule has 0 bridgehead atoms. The van der Waals surface area contributed by atoms with Gasteiger partial charge in [-0.2, -0.15) is 5.10 Å². The zero-order valence-electron chi connectivity index (χ0n) is 10.7. The molecule has 0 radical (unpaired) electrons. The molecule has 4 nitrogen and oxygen atoms in total. The molecule has 2 rings (SSSR count).